The summed E-state index contributed by atoms with van der Waals surface area (Å²) < 4.78 is 23.2. The van der Waals surface area contributed by atoms with E-state index in [4.69, 9.17) is 5.73 Å². The van der Waals surface area contributed by atoms with E-state index < -0.39 is 9.84 Å². The van der Waals surface area contributed by atoms with E-state index in [9.17, 15) is 8.42 Å². The molecule has 1 aliphatic carbocycles. The molecular weight excluding hydrogens is 234 g/mol. The molecule has 1 saturated carbocycles. The summed E-state index contributed by atoms with van der Waals surface area (Å²) in [5.41, 5.74) is 8.02. The first-order valence-corrected chi connectivity index (χ1v) is 7.92. The number of aryl methyl sites for hydroxylation is 1. The third kappa shape index (κ3) is 2.38. The lowest BCUT2D eigenvalue weighted by atomic mass is 10.1. The molecule has 3 nitrogen and oxygen atoms in total. The lowest BCUT2D eigenvalue weighted by Crippen LogP contribution is -2.11. The summed E-state index contributed by atoms with van der Waals surface area (Å²) >= 11 is 0. The summed E-state index contributed by atoms with van der Waals surface area (Å²) in [6.07, 6.45) is 2.31. The fraction of sp³-hybridized carbons (Fsp3) is 0.538. The highest BCUT2D eigenvalue weighted by Crippen LogP contribution is 2.51. The maximum absolute atomic E-state index is 11.6. The van der Waals surface area contributed by atoms with E-state index in [0.717, 1.165) is 12.0 Å². The smallest absolute Gasteiger partial charge is 0.151 e. The minimum Gasteiger partial charge on any atom is -0.330 e. The molecular formula is C13H19NO2S. The van der Waals surface area contributed by atoms with Crippen LogP contribution in [0, 0.1) is 5.92 Å². The minimum atomic E-state index is -2.98. The SMILES string of the molecule is CCc1ccc([C@@H]2[C@@H](CN)[C@@H]2S(C)(=O)=O)cc1. The van der Waals surface area contributed by atoms with Crippen LogP contribution in [0.3, 0.4) is 0 Å². The van der Waals surface area contributed by atoms with Gasteiger partial charge >= 0.3 is 0 Å². The molecule has 1 aliphatic rings. The third-order valence-corrected chi connectivity index (χ3v) is 5.27. The van der Waals surface area contributed by atoms with Crippen molar-refractivity contribution in [3.63, 3.8) is 0 Å². The predicted octanol–water partition coefficient (Wildman–Crippen LogP) is 1.33. The van der Waals surface area contributed by atoms with Crippen LogP contribution in [-0.4, -0.2) is 26.5 Å². The quantitative estimate of drug-likeness (QED) is 0.880. The third-order valence-electron chi connectivity index (χ3n) is 3.64. The molecule has 0 heterocycles. The Morgan fingerprint density at radius 1 is 1.24 bits per heavy atom. The Morgan fingerprint density at radius 3 is 2.18 bits per heavy atom. The molecule has 0 amide bonds. The highest BCUT2D eigenvalue weighted by atomic mass is 32.2. The van der Waals surface area contributed by atoms with E-state index in [-0.39, 0.29) is 17.1 Å². The highest BCUT2D eigenvalue weighted by molar-refractivity contribution is 7.91. The van der Waals surface area contributed by atoms with Crippen molar-refractivity contribution >= 4 is 9.84 Å². The van der Waals surface area contributed by atoms with Gasteiger partial charge in [0, 0.05) is 12.2 Å². The average Bonchev–Trinajstić information content (AvgIpc) is 3.03. The van der Waals surface area contributed by atoms with Gasteiger partial charge in [0.1, 0.15) is 0 Å². The Hall–Kier alpha value is -0.870. The first-order chi connectivity index (χ1) is 7.99. The molecule has 1 aromatic rings. The Bertz CT molecular complexity index is 493. The zero-order valence-electron chi connectivity index (χ0n) is 10.3. The molecule has 2 rings (SSSR count). The normalized spacial score (nSPS) is 28.1. The van der Waals surface area contributed by atoms with Gasteiger partial charge in [0.15, 0.2) is 9.84 Å². The average molecular weight is 253 g/mol. The van der Waals surface area contributed by atoms with Crippen LogP contribution in [0.1, 0.15) is 24.0 Å². The summed E-state index contributed by atoms with van der Waals surface area (Å²) in [6.45, 7) is 2.55. The van der Waals surface area contributed by atoms with E-state index in [0.29, 0.717) is 6.54 Å². The molecule has 0 bridgehead atoms. The second-order valence-corrected chi connectivity index (χ2v) is 7.02. The van der Waals surface area contributed by atoms with Crippen LogP contribution in [0.2, 0.25) is 0 Å². The van der Waals surface area contributed by atoms with Crippen LogP contribution >= 0.6 is 0 Å². The number of hydrogen-bond acceptors (Lipinski definition) is 3. The van der Waals surface area contributed by atoms with Crippen molar-refractivity contribution < 1.29 is 8.42 Å². The maximum atomic E-state index is 11.6. The van der Waals surface area contributed by atoms with Crippen molar-refractivity contribution in [2.75, 3.05) is 12.8 Å². The van der Waals surface area contributed by atoms with Gasteiger partial charge in [-0.15, -0.1) is 0 Å². The fourth-order valence-electron chi connectivity index (χ4n) is 2.62. The molecule has 2 N–H and O–H groups in total. The van der Waals surface area contributed by atoms with E-state index in [1.807, 2.05) is 12.1 Å². The molecule has 1 fully saturated rings. The van der Waals surface area contributed by atoms with Gasteiger partial charge in [-0.3, -0.25) is 0 Å². The van der Waals surface area contributed by atoms with Crippen molar-refractivity contribution in [2.24, 2.45) is 11.7 Å². The van der Waals surface area contributed by atoms with Crippen LogP contribution in [0.15, 0.2) is 24.3 Å². The van der Waals surface area contributed by atoms with Crippen LogP contribution in [-0.2, 0) is 16.3 Å². The monoisotopic (exact) mass is 253 g/mol. The van der Waals surface area contributed by atoms with E-state index >= 15 is 0 Å². The van der Waals surface area contributed by atoms with Gasteiger partial charge in [0.2, 0.25) is 0 Å². The van der Waals surface area contributed by atoms with Gasteiger partial charge < -0.3 is 5.73 Å². The molecule has 0 unspecified atom stereocenters. The van der Waals surface area contributed by atoms with E-state index in [1.165, 1.54) is 11.8 Å². The molecule has 0 aliphatic heterocycles. The number of nitrogens with two attached hydrogens (primary N) is 1. The van der Waals surface area contributed by atoms with E-state index in [1.54, 1.807) is 0 Å². The second kappa shape index (κ2) is 4.42. The van der Waals surface area contributed by atoms with E-state index in [2.05, 4.69) is 19.1 Å². The molecule has 0 aromatic heterocycles. The Labute approximate surface area is 103 Å². The summed E-state index contributed by atoms with van der Waals surface area (Å²) in [5, 5.41) is -0.278. The van der Waals surface area contributed by atoms with Crippen molar-refractivity contribution in [2.45, 2.75) is 24.5 Å². The zero-order valence-corrected chi connectivity index (χ0v) is 11.1. The maximum Gasteiger partial charge on any atom is 0.151 e. The summed E-state index contributed by atoms with van der Waals surface area (Å²) in [6, 6.07) is 8.22. The molecule has 3 atom stereocenters. The first-order valence-electron chi connectivity index (χ1n) is 5.96. The molecule has 0 saturated heterocycles. The summed E-state index contributed by atoms with van der Waals surface area (Å²) in [5.74, 6) is 0.193. The molecule has 1 aromatic carbocycles. The summed E-state index contributed by atoms with van der Waals surface area (Å²) in [7, 11) is -2.98. The van der Waals surface area contributed by atoms with Gasteiger partial charge in [-0.1, -0.05) is 31.2 Å². The second-order valence-electron chi connectivity index (χ2n) is 4.81. The van der Waals surface area contributed by atoms with Crippen molar-refractivity contribution in [1.82, 2.24) is 0 Å². The Balaban J connectivity index is 2.23. The van der Waals surface area contributed by atoms with Gasteiger partial charge in [-0.05, 0) is 30.0 Å². The molecule has 0 spiro atoms. The molecule has 94 valence electrons. The van der Waals surface area contributed by atoms with Crippen molar-refractivity contribution in [3.8, 4) is 0 Å². The largest absolute Gasteiger partial charge is 0.330 e. The van der Waals surface area contributed by atoms with Crippen molar-refractivity contribution in [1.29, 1.82) is 0 Å². The van der Waals surface area contributed by atoms with Crippen LogP contribution in [0.4, 0.5) is 0 Å². The molecule has 17 heavy (non-hydrogen) atoms. The number of sulfone groups is 1. The first kappa shape index (κ1) is 12.6. The number of hydrogen-bond donors (Lipinski definition) is 1. The predicted molar refractivity (Wildman–Crippen MR) is 69.7 cm³/mol. The lowest BCUT2D eigenvalue weighted by Gasteiger charge is -2.01. The van der Waals surface area contributed by atoms with Gasteiger partial charge in [0.25, 0.3) is 0 Å². The topological polar surface area (TPSA) is 60.2 Å². The Kier molecular flexibility index (Phi) is 3.27. The number of rotatable bonds is 4. The lowest BCUT2D eigenvalue weighted by molar-refractivity contribution is 0.597. The fourth-order valence-corrected chi connectivity index (χ4v) is 4.34. The van der Waals surface area contributed by atoms with Crippen LogP contribution in [0.25, 0.3) is 0 Å². The molecule has 0 radical (unpaired) electrons. The Morgan fingerprint density at radius 2 is 1.82 bits per heavy atom. The summed E-state index contributed by atoms with van der Waals surface area (Å²) in [4.78, 5) is 0. The standard InChI is InChI=1S/C13H19NO2S/c1-3-9-4-6-10(7-5-9)12-11(8-14)13(12)17(2,15)16/h4-7,11-13H,3,8,14H2,1-2H3/t11-,12-,13+/m1/s1. The number of benzene rings is 1. The van der Waals surface area contributed by atoms with Gasteiger partial charge in [-0.25, -0.2) is 8.42 Å². The van der Waals surface area contributed by atoms with Crippen molar-refractivity contribution in [3.05, 3.63) is 35.4 Å². The van der Waals surface area contributed by atoms with Gasteiger partial charge in [0.05, 0.1) is 5.25 Å². The molecule has 4 heteroatoms. The van der Waals surface area contributed by atoms with Crippen LogP contribution in [0.5, 0.6) is 0 Å². The zero-order chi connectivity index (χ0) is 12.6. The van der Waals surface area contributed by atoms with Crippen LogP contribution < -0.4 is 5.73 Å². The highest BCUT2D eigenvalue weighted by Gasteiger charge is 2.55. The minimum absolute atomic E-state index is 0.0949. The van der Waals surface area contributed by atoms with Gasteiger partial charge in [-0.2, -0.15) is 0 Å².